The Kier molecular flexibility index (Phi) is 6.23. The second-order valence-corrected chi connectivity index (χ2v) is 9.17. The summed E-state index contributed by atoms with van der Waals surface area (Å²) in [6.45, 7) is 5.20. The fourth-order valence-electron chi connectivity index (χ4n) is 4.17. The highest BCUT2D eigenvalue weighted by molar-refractivity contribution is 6.33. The molecule has 1 amide bonds. The average molecular weight is 489 g/mol. The molecule has 3 aromatic carbocycles. The smallest absolute Gasteiger partial charge is 0.253 e. The van der Waals surface area contributed by atoms with E-state index in [1.807, 2.05) is 48.2 Å². The largest absolute Gasteiger partial charge is 0.508 e. The number of hydrogen-bond acceptors (Lipinski definition) is 7. The molecule has 1 aliphatic heterocycles. The van der Waals surface area contributed by atoms with Crippen molar-refractivity contribution in [1.29, 1.82) is 0 Å². The van der Waals surface area contributed by atoms with E-state index in [1.165, 1.54) is 0 Å². The zero-order valence-electron chi connectivity index (χ0n) is 19.5. The van der Waals surface area contributed by atoms with Crippen LogP contribution < -0.4 is 5.32 Å². The van der Waals surface area contributed by atoms with Gasteiger partial charge < -0.3 is 20.2 Å². The number of halogens is 1. The van der Waals surface area contributed by atoms with Gasteiger partial charge >= 0.3 is 0 Å². The Morgan fingerprint density at radius 1 is 1.00 bits per heavy atom. The van der Waals surface area contributed by atoms with Crippen molar-refractivity contribution >= 4 is 40.2 Å². The molecule has 4 aromatic rings. The van der Waals surface area contributed by atoms with Crippen molar-refractivity contribution in [1.82, 2.24) is 25.0 Å². The molecule has 0 spiro atoms. The van der Waals surface area contributed by atoms with Crippen molar-refractivity contribution in [3.8, 4) is 16.9 Å². The molecule has 5 rings (SSSR count). The molecular formula is C26H25ClN6O2. The number of nitrogens with one attached hydrogen (secondary N) is 1. The predicted molar refractivity (Wildman–Crippen MR) is 137 cm³/mol. The van der Waals surface area contributed by atoms with Gasteiger partial charge in [0.1, 0.15) is 11.3 Å². The van der Waals surface area contributed by atoms with E-state index in [9.17, 15) is 9.90 Å². The molecule has 2 N–H and O–H groups in total. The van der Waals surface area contributed by atoms with Crippen LogP contribution in [0.3, 0.4) is 0 Å². The van der Waals surface area contributed by atoms with Gasteiger partial charge in [0.25, 0.3) is 5.91 Å². The number of anilines is 2. The van der Waals surface area contributed by atoms with E-state index in [2.05, 4.69) is 32.4 Å². The number of carbonyl (C=O) groups excluding carboxylic acids is 1. The van der Waals surface area contributed by atoms with E-state index in [1.54, 1.807) is 18.2 Å². The molecular weight excluding hydrogens is 464 g/mol. The lowest BCUT2D eigenvalue weighted by atomic mass is 10.0. The number of aromatic hydroxyl groups is 1. The second kappa shape index (κ2) is 9.48. The number of benzene rings is 3. The van der Waals surface area contributed by atoms with Gasteiger partial charge in [-0.3, -0.25) is 4.79 Å². The lowest BCUT2D eigenvalue weighted by molar-refractivity contribution is 0.0664. The lowest BCUT2D eigenvalue weighted by Gasteiger charge is -2.32. The Labute approximate surface area is 208 Å². The third-order valence-electron chi connectivity index (χ3n) is 6.19. The topological polar surface area (TPSA) is 94.5 Å². The number of phenolic OH excluding ortho intramolecular Hbond substituents is 1. The van der Waals surface area contributed by atoms with Crippen LogP contribution in [0.15, 0.2) is 54.6 Å². The highest BCUT2D eigenvalue weighted by Gasteiger charge is 2.20. The summed E-state index contributed by atoms with van der Waals surface area (Å²) < 4.78 is 0. The molecule has 0 bridgehead atoms. The van der Waals surface area contributed by atoms with Crippen LogP contribution in [0.1, 0.15) is 15.9 Å². The number of amides is 1. The van der Waals surface area contributed by atoms with E-state index < -0.39 is 0 Å². The quantitative estimate of drug-likeness (QED) is 0.437. The number of aromatic nitrogens is 3. The minimum absolute atomic E-state index is 0.0477. The standard InChI is InChI=1S/C26H25ClN6O2/c1-16-13-18(21-15-20(34)7-8-22(21)27)14-23-24(16)29-26(31-30-23)28-19-5-3-17(4-6-19)25(35)33-11-9-32(2)10-12-33/h3-8,13-15,34H,9-12H2,1-2H3,(H,28,29,31). The molecule has 0 saturated carbocycles. The van der Waals surface area contributed by atoms with Gasteiger partial charge in [-0.25, -0.2) is 4.98 Å². The SMILES string of the molecule is Cc1cc(-c2cc(O)ccc2Cl)cc2nnc(Nc3ccc(C(=O)N4CCN(C)CC4)cc3)nc12. The molecule has 1 aromatic heterocycles. The second-order valence-electron chi connectivity index (χ2n) is 8.76. The van der Waals surface area contributed by atoms with Crippen molar-refractivity contribution in [2.24, 2.45) is 0 Å². The molecule has 9 heteroatoms. The first-order chi connectivity index (χ1) is 16.9. The van der Waals surface area contributed by atoms with Crippen LogP contribution in [-0.2, 0) is 0 Å². The van der Waals surface area contributed by atoms with Gasteiger partial charge in [-0.2, -0.15) is 0 Å². The first kappa shape index (κ1) is 23.0. The summed E-state index contributed by atoms with van der Waals surface area (Å²) in [6.07, 6.45) is 0. The first-order valence-corrected chi connectivity index (χ1v) is 11.7. The molecule has 2 heterocycles. The number of fused-ring (bicyclic) bond motifs is 1. The molecule has 0 radical (unpaired) electrons. The maximum Gasteiger partial charge on any atom is 0.253 e. The Morgan fingerprint density at radius 2 is 1.74 bits per heavy atom. The number of phenols is 1. The first-order valence-electron chi connectivity index (χ1n) is 11.4. The number of carbonyl (C=O) groups is 1. The van der Waals surface area contributed by atoms with Crippen LogP contribution in [0.25, 0.3) is 22.2 Å². The maximum absolute atomic E-state index is 12.8. The molecule has 0 atom stereocenters. The van der Waals surface area contributed by atoms with Crippen molar-refractivity contribution in [3.63, 3.8) is 0 Å². The number of piperazine rings is 1. The van der Waals surface area contributed by atoms with Crippen molar-refractivity contribution in [2.75, 3.05) is 38.5 Å². The predicted octanol–water partition coefficient (Wildman–Crippen LogP) is 4.49. The minimum atomic E-state index is 0.0477. The van der Waals surface area contributed by atoms with E-state index in [4.69, 9.17) is 11.6 Å². The van der Waals surface area contributed by atoms with Crippen LogP contribution >= 0.6 is 11.6 Å². The third-order valence-corrected chi connectivity index (χ3v) is 6.52. The Morgan fingerprint density at radius 3 is 2.49 bits per heavy atom. The van der Waals surface area contributed by atoms with E-state index in [-0.39, 0.29) is 11.7 Å². The third kappa shape index (κ3) is 4.89. The van der Waals surface area contributed by atoms with E-state index >= 15 is 0 Å². The number of nitrogens with zero attached hydrogens (tertiary/aromatic N) is 5. The van der Waals surface area contributed by atoms with E-state index in [0.717, 1.165) is 43.0 Å². The van der Waals surface area contributed by atoms with Gasteiger partial charge in [0.05, 0.1) is 5.52 Å². The highest BCUT2D eigenvalue weighted by atomic mass is 35.5. The lowest BCUT2D eigenvalue weighted by Crippen LogP contribution is -2.47. The molecule has 1 fully saturated rings. The molecule has 35 heavy (non-hydrogen) atoms. The number of likely N-dealkylation sites (N-methyl/N-ethyl adjacent to an activating group) is 1. The summed E-state index contributed by atoms with van der Waals surface area (Å²) in [5, 5.41) is 22.1. The Bertz CT molecular complexity index is 1400. The fourth-order valence-corrected chi connectivity index (χ4v) is 4.40. The van der Waals surface area contributed by atoms with Gasteiger partial charge in [0.2, 0.25) is 5.95 Å². The van der Waals surface area contributed by atoms with Gasteiger partial charge in [-0.15, -0.1) is 10.2 Å². The molecule has 0 unspecified atom stereocenters. The highest BCUT2D eigenvalue weighted by Crippen LogP contribution is 2.33. The summed E-state index contributed by atoms with van der Waals surface area (Å²) in [7, 11) is 2.07. The monoisotopic (exact) mass is 488 g/mol. The maximum atomic E-state index is 12.8. The summed E-state index contributed by atoms with van der Waals surface area (Å²) in [4.78, 5) is 21.5. The zero-order chi connectivity index (χ0) is 24.5. The number of rotatable bonds is 4. The van der Waals surface area contributed by atoms with E-state index in [0.29, 0.717) is 33.1 Å². The normalized spacial score (nSPS) is 14.3. The average Bonchev–Trinajstić information content (AvgIpc) is 2.86. The Balaban J connectivity index is 1.35. The van der Waals surface area contributed by atoms with Crippen LogP contribution in [0.5, 0.6) is 5.75 Å². The van der Waals surface area contributed by atoms with Crippen LogP contribution in [0.2, 0.25) is 5.02 Å². The van der Waals surface area contributed by atoms with Crippen molar-refractivity contribution in [3.05, 3.63) is 70.7 Å². The van der Waals surface area contributed by atoms with Gasteiger partial charge in [0, 0.05) is 48.0 Å². The van der Waals surface area contributed by atoms with Gasteiger partial charge in [-0.05, 0) is 79.7 Å². The van der Waals surface area contributed by atoms with Gasteiger partial charge in [0.15, 0.2) is 0 Å². The molecule has 0 aliphatic carbocycles. The fraction of sp³-hybridized carbons (Fsp3) is 0.231. The summed E-state index contributed by atoms with van der Waals surface area (Å²) >= 11 is 6.33. The minimum Gasteiger partial charge on any atom is -0.508 e. The summed E-state index contributed by atoms with van der Waals surface area (Å²) in [6, 6.07) is 16.0. The number of hydrogen-bond donors (Lipinski definition) is 2. The zero-order valence-corrected chi connectivity index (χ0v) is 20.3. The van der Waals surface area contributed by atoms with Crippen molar-refractivity contribution < 1.29 is 9.90 Å². The number of aryl methyl sites for hydroxylation is 1. The molecule has 1 saturated heterocycles. The van der Waals surface area contributed by atoms with Crippen molar-refractivity contribution in [2.45, 2.75) is 6.92 Å². The van der Waals surface area contributed by atoms with Gasteiger partial charge in [-0.1, -0.05) is 11.6 Å². The Hall–Kier alpha value is -3.75. The van der Waals surface area contributed by atoms with Crippen LogP contribution in [-0.4, -0.2) is 69.2 Å². The van der Waals surface area contributed by atoms with Crippen LogP contribution in [0, 0.1) is 6.92 Å². The molecule has 178 valence electrons. The molecule has 8 nitrogen and oxygen atoms in total. The summed E-state index contributed by atoms with van der Waals surface area (Å²) in [5.41, 5.74) is 5.21. The van der Waals surface area contributed by atoms with Crippen LogP contribution in [0.4, 0.5) is 11.6 Å². The summed E-state index contributed by atoms with van der Waals surface area (Å²) in [5.74, 6) is 0.551. The molecule has 1 aliphatic rings.